The summed E-state index contributed by atoms with van der Waals surface area (Å²) in [6.07, 6.45) is 2.58. The van der Waals surface area contributed by atoms with Crippen LogP contribution in [0.3, 0.4) is 0 Å². The quantitative estimate of drug-likeness (QED) is 0.927. The topological polar surface area (TPSA) is 46.3 Å². The molecule has 0 aromatic heterocycles. The zero-order valence-corrected chi connectivity index (χ0v) is 12.9. The molecule has 1 aromatic rings. The summed E-state index contributed by atoms with van der Waals surface area (Å²) in [4.78, 5) is 14.5. The fourth-order valence-electron chi connectivity index (χ4n) is 3.23. The first-order valence-corrected chi connectivity index (χ1v) is 7.78. The molecule has 3 atom stereocenters. The van der Waals surface area contributed by atoms with Crippen molar-refractivity contribution in [2.75, 3.05) is 13.1 Å². The standard InChI is InChI=1S/C17H25FN2O/c1-12-5-4-8-20(16(12)11-19)17(21)9-13(2)14-6-3-7-15(18)10-14/h3,6-7,10,12-13,16H,4-5,8-9,11,19H2,1-2H3. The van der Waals surface area contributed by atoms with Gasteiger partial charge in [-0.15, -0.1) is 0 Å². The average molecular weight is 292 g/mol. The molecule has 3 nitrogen and oxygen atoms in total. The van der Waals surface area contributed by atoms with Crippen molar-refractivity contribution in [1.82, 2.24) is 4.90 Å². The van der Waals surface area contributed by atoms with E-state index in [1.807, 2.05) is 17.9 Å². The first-order chi connectivity index (χ1) is 10.0. The second-order valence-electron chi connectivity index (χ2n) is 6.17. The Kier molecular flexibility index (Phi) is 5.34. The van der Waals surface area contributed by atoms with Crippen molar-refractivity contribution in [3.05, 3.63) is 35.6 Å². The molecule has 116 valence electrons. The molecule has 2 N–H and O–H groups in total. The maximum Gasteiger partial charge on any atom is 0.223 e. The minimum absolute atomic E-state index is 0.0175. The van der Waals surface area contributed by atoms with Gasteiger partial charge in [-0.1, -0.05) is 26.0 Å². The van der Waals surface area contributed by atoms with Crippen molar-refractivity contribution < 1.29 is 9.18 Å². The number of carbonyl (C=O) groups is 1. The normalized spacial score (nSPS) is 23.9. The molecule has 0 spiro atoms. The van der Waals surface area contributed by atoms with Crippen LogP contribution in [-0.2, 0) is 4.79 Å². The van der Waals surface area contributed by atoms with E-state index in [0.717, 1.165) is 24.9 Å². The van der Waals surface area contributed by atoms with Crippen LogP contribution in [0.4, 0.5) is 4.39 Å². The van der Waals surface area contributed by atoms with Crippen LogP contribution in [0, 0.1) is 11.7 Å². The molecule has 1 saturated heterocycles. The number of nitrogens with two attached hydrogens (primary N) is 1. The van der Waals surface area contributed by atoms with Gasteiger partial charge in [0.2, 0.25) is 5.91 Å². The van der Waals surface area contributed by atoms with Gasteiger partial charge in [0.05, 0.1) is 0 Å². The number of hydrogen-bond donors (Lipinski definition) is 1. The number of rotatable bonds is 4. The summed E-state index contributed by atoms with van der Waals surface area (Å²) in [6.45, 7) is 5.44. The number of piperidine rings is 1. The predicted octanol–water partition coefficient (Wildman–Crippen LogP) is 2.91. The minimum atomic E-state index is -0.252. The number of carbonyl (C=O) groups excluding carboxylic acids is 1. The second kappa shape index (κ2) is 7.03. The molecule has 4 heteroatoms. The summed E-state index contributed by atoms with van der Waals surface area (Å²) < 4.78 is 13.3. The number of amides is 1. The Hall–Kier alpha value is -1.42. The van der Waals surface area contributed by atoms with Crippen molar-refractivity contribution in [2.24, 2.45) is 11.7 Å². The van der Waals surface area contributed by atoms with Crippen LogP contribution in [0.1, 0.15) is 44.6 Å². The lowest BCUT2D eigenvalue weighted by Crippen LogP contribution is -2.51. The van der Waals surface area contributed by atoms with Gasteiger partial charge in [-0.05, 0) is 42.4 Å². The smallest absolute Gasteiger partial charge is 0.223 e. The molecule has 3 unspecified atom stereocenters. The number of hydrogen-bond acceptors (Lipinski definition) is 2. The van der Waals surface area contributed by atoms with E-state index in [4.69, 9.17) is 5.73 Å². The van der Waals surface area contributed by atoms with Gasteiger partial charge >= 0.3 is 0 Å². The Morgan fingerprint density at radius 1 is 1.52 bits per heavy atom. The van der Waals surface area contributed by atoms with Gasteiger partial charge in [0.1, 0.15) is 5.82 Å². The molecule has 1 aliphatic rings. The Bertz CT molecular complexity index is 491. The lowest BCUT2D eigenvalue weighted by atomic mass is 9.89. The Labute approximate surface area is 126 Å². The summed E-state index contributed by atoms with van der Waals surface area (Å²) in [6, 6.07) is 6.65. The van der Waals surface area contributed by atoms with E-state index >= 15 is 0 Å². The maximum atomic E-state index is 13.3. The monoisotopic (exact) mass is 292 g/mol. The zero-order chi connectivity index (χ0) is 15.4. The van der Waals surface area contributed by atoms with Crippen LogP contribution < -0.4 is 5.73 Å². The maximum absolute atomic E-state index is 13.3. The number of halogens is 1. The molecule has 0 aliphatic carbocycles. The summed E-state index contributed by atoms with van der Waals surface area (Å²) >= 11 is 0. The zero-order valence-electron chi connectivity index (χ0n) is 12.9. The molecule has 21 heavy (non-hydrogen) atoms. The number of benzene rings is 1. The van der Waals surface area contributed by atoms with Gasteiger partial charge in [-0.25, -0.2) is 4.39 Å². The molecule has 1 fully saturated rings. The van der Waals surface area contributed by atoms with E-state index in [1.54, 1.807) is 6.07 Å². The van der Waals surface area contributed by atoms with E-state index in [1.165, 1.54) is 12.1 Å². The van der Waals surface area contributed by atoms with Crippen molar-refractivity contribution in [2.45, 2.75) is 45.1 Å². The van der Waals surface area contributed by atoms with Crippen LogP contribution in [0.5, 0.6) is 0 Å². The Balaban J connectivity index is 2.03. The summed E-state index contributed by atoms with van der Waals surface area (Å²) in [5.41, 5.74) is 6.71. The molecule has 1 aliphatic heterocycles. The van der Waals surface area contributed by atoms with Crippen molar-refractivity contribution >= 4 is 5.91 Å². The highest BCUT2D eigenvalue weighted by atomic mass is 19.1. The highest BCUT2D eigenvalue weighted by molar-refractivity contribution is 5.77. The van der Waals surface area contributed by atoms with E-state index in [2.05, 4.69) is 6.92 Å². The molecule has 0 saturated carbocycles. The van der Waals surface area contributed by atoms with E-state index < -0.39 is 0 Å². The molecule has 1 heterocycles. The first-order valence-electron chi connectivity index (χ1n) is 7.78. The molecule has 1 amide bonds. The van der Waals surface area contributed by atoms with Crippen LogP contribution in [0.2, 0.25) is 0 Å². The van der Waals surface area contributed by atoms with E-state index in [0.29, 0.717) is 18.9 Å². The van der Waals surface area contributed by atoms with Gasteiger partial charge in [0.25, 0.3) is 0 Å². The molecule has 0 radical (unpaired) electrons. The van der Waals surface area contributed by atoms with Gasteiger partial charge in [0, 0.05) is 25.6 Å². The largest absolute Gasteiger partial charge is 0.338 e. The predicted molar refractivity (Wildman–Crippen MR) is 82.4 cm³/mol. The van der Waals surface area contributed by atoms with Gasteiger partial charge in [-0.3, -0.25) is 4.79 Å². The molecular formula is C17H25FN2O. The molecule has 1 aromatic carbocycles. The first kappa shape index (κ1) is 16.0. The van der Waals surface area contributed by atoms with Gasteiger partial charge in [-0.2, -0.15) is 0 Å². The highest BCUT2D eigenvalue weighted by Gasteiger charge is 2.31. The van der Waals surface area contributed by atoms with Crippen LogP contribution in [-0.4, -0.2) is 29.9 Å². The second-order valence-corrected chi connectivity index (χ2v) is 6.17. The van der Waals surface area contributed by atoms with Crippen LogP contribution in [0.15, 0.2) is 24.3 Å². The van der Waals surface area contributed by atoms with Crippen LogP contribution >= 0.6 is 0 Å². The Morgan fingerprint density at radius 2 is 2.29 bits per heavy atom. The van der Waals surface area contributed by atoms with Crippen molar-refractivity contribution in [1.29, 1.82) is 0 Å². The minimum Gasteiger partial charge on any atom is -0.338 e. The molecular weight excluding hydrogens is 267 g/mol. The highest BCUT2D eigenvalue weighted by Crippen LogP contribution is 2.26. The van der Waals surface area contributed by atoms with E-state index in [-0.39, 0.29) is 23.7 Å². The number of nitrogens with zero attached hydrogens (tertiary/aromatic N) is 1. The lowest BCUT2D eigenvalue weighted by molar-refractivity contribution is -0.136. The summed E-state index contributed by atoms with van der Waals surface area (Å²) in [5, 5.41) is 0. The van der Waals surface area contributed by atoms with Crippen molar-refractivity contribution in [3.8, 4) is 0 Å². The lowest BCUT2D eigenvalue weighted by Gasteiger charge is -2.40. The third-order valence-corrected chi connectivity index (χ3v) is 4.58. The summed E-state index contributed by atoms with van der Waals surface area (Å²) in [5.74, 6) is 0.355. The fourth-order valence-corrected chi connectivity index (χ4v) is 3.23. The van der Waals surface area contributed by atoms with Gasteiger partial charge in [0.15, 0.2) is 0 Å². The third-order valence-electron chi connectivity index (χ3n) is 4.58. The SMILES string of the molecule is CC(CC(=O)N1CCCC(C)C1CN)c1cccc(F)c1. The molecule has 0 bridgehead atoms. The third kappa shape index (κ3) is 3.82. The average Bonchev–Trinajstić information content (AvgIpc) is 2.46. The Morgan fingerprint density at radius 3 is 2.95 bits per heavy atom. The fraction of sp³-hybridized carbons (Fsp3) is 0.588. The number of likely N-dealkylation sites (tertiary alicyclic amines) is 1. The summed E-state index contributed by atoms with van der Waals surface area (Å²) in [7, 11) is 0. The van der Waals surface area contributed by atoms with E-state index in [9.17, 15) is 9.18 Å². The van der Waals surface area contributed by atoms with Gasteiger partial charge < -0.3 is 10.6 Å². The van der Waals surface area contributed by atoms with Crippen LogP contribution in [0.25, 0.3) is 0 Å². The van der Waals surface area contributed by atoms with Crippen molar-refractivity contribution in [3.63, 3.8) is 0 Å². The molecule has 2 rings (SSSR count).